The Bertz CT molecular complexity index is 904. The number of nitrogens with zero attached hydrogens (tertiary/aromatic N) is 1. The van der Waals surface area contributed by atoms with Crippen LogP contribution in [0.5, 0.6) is 0 Å². The van der Waals surface area contributed by atoms with Crippen molar-refractivity contribution in [3.05, 3.63) is 87.6 Å². The SMILES string of the molecule is Cc1ccccc1C(=O)NC[C@@H](c1cccs1)N1CCc2ccccc21. The molecule has 26 heavy (non-hydrogen) atoms. The van der Waals surface area contributed by atoms with E-state index in [9.17, 15) is 4.79 Å². The molecule has 3 nitrogen and oxygen atoms in total. The molecule has 2 heterocycles. The number of anilines is 1. The van der Waals surface area contributed by atoms with Crippen LogP contribution in [-0.4, -0.2) is 19.0 Å². The Balaban J connectivity index is 1.56. The number of hydrogen-bond donors (Lipinski definition) is 1. The van der Waals surface area contributed by atoms with Gasteiger partial charge >= 0.3 is 0 Å². The number of aryl methyl sites for hydroxylation is 1. The summed E-state index contributed by atoms with van der Waals surface area (Å²) in [5, 5.41) is 5.27. The van der Waals surface area contributed by atoms with E-state index in [1.165, 1.54) is 16.1 Å². The molecule has 0 fully saturated rings. The van der Waals surface area contributed by atoms with Crippen molar-refractivity contribution >= 4 is 22.9 Å². The molecule has 4 rings (SSSR count). The van der Waals surface area contributed by atoms with Crippen LogP contribution in [0.2, 0.25) is 0 Å². The number of thiophene rings is 1. The molecule has 1 aliphatic rings. The molecule has 132 valence electrons. The van der Waals surface area contributed by atoms with Crippen LogP contribution in [0.25, 0.3) is 0 Å². The minimum Gasteiger partial charge on any atom is -0.361 e. The molecule has 1 N–H and O–H groups in total. The maximum Gasteiger partial charge on any atom is 0.251 e. The molecular weight excluding hydrogens is 340 g/mol. The topological polar surface area (TPSA) is 32.3 Å². The summed E-state index contributed by atoms with van der Waals surface area (Å²) >= 11 is 1.75. The van der Waals surface area contributed by atoms with Crippen molar-refractivity contribution in [2.45, 2.75) is 19.4 Å². The van der Waals surface area contributed by atoms with E-state index >= 15 is 0 Å². The quantitative estimate of drug-likeness (QED) is 0.720. The Morgan fingerprint density at radius 1 is 1.12 bits per heavy atom. The molecule has 0 aliphatic carbocycles. The van der Waals surface area contributed by atoms with E-state index < -0.39 is 0 Å². The molecular formula is C22H22N2OS. The monoisotopic (exact) mass is 362 g/mol. The standard InChI is InChI=1S/C22H22N2OS/c1-16-7-2-4-9-18(16)22(25)23-15-20(21-11-6-14-26-21)24-13-12-17-8-3-5-10-19(17)24/h2-11,14,20H,12-13,15H2,1H3,(H,23,25)/t20-/m0/s1. The molecule has 1 atom stereocenters. The first-order valence-electron chi connectivity index (χ1n) is 8.96. The number of benzene rings is 2. The molecule has 0 saturated carbocycles. The molecule has 1 amide bonds. The summed E-state index contributed by atoms with van der Waals surface area (Å²) in [6.45, 7) is 3.56. The van der Waals surface area contributed by atoms with Gasteiger partial charge in [0, 0.05) is 29.2 Å². The third-order valence-corrected chi connectivity index (χ3v) is 5.99. The van der Waals surface area contributed by atoms with Crippen molar-refractivity contribution in [2.24, 2.45) is 0 Å². The molecule has 0 spiro atoms. The Morgan fingerprint density at radius 3 is 2.73 bits per heavy atom. The number of hydrogen-bond acceptors (Lipinski definition) is 3. The van der Waals surface area contributed by atoms with Crippen LogP contribution in [-0.2, 0) is 6.42 Å². The van der Waals surface area contributed by atoms with Crippen molar-refractivity contribution in [3.63, 3.8) is 0 Å². The summed E-state index contributed by atoms with van der Waals surface area (Å²) in [7, 11) is 0. The van der Waals surface area contributed by atoms with Gasteiger partial charge in [-0.25, -0.2) is 0 Å². The first-order valence-corrected chi connectivity index (χ1v) is 9.84. The summed E-state index contributed by atoms with van der Waals surface area (Å²) in [6, 6.07) is 20.7. The third kappa shape index (κ3) is 3.25. The lowest BCUT2D eigenvalue weighted by molar-refractivity contribution is 0.0950. The molecule has 0 unspecified atom stereocenters. The van der Waals surface area contributed by atoms with E-state index in [0.717, 1.165) is 24.1 Å². The molecule has 1 aromatic heterocycles. The molecule has 2 aromatic carbocycles. The number of amides is 1. The Hall–Kier alpha value is -2.59. The van der Waals surface area contributed by atoms with Crippen molar-refractivity contribution in [1.29, 1.82) is 0 Å². The van der Waals surface area contributed by atoms with E-state index in [1.54, 1.807) is 11.3 Å². The smallest absolute Gasteiger partial charge is 0.251 e. The van der Waals surface area contributed by atoms with E-state index in [4.69, 9.17) is 0 Å². The van der Waals surface area contributed by atoms with Gasteiger partial charge in [0.2, 0.25) is 0 Å². The summed E-state index contributed by atoms with van der Waals surface area (Å²) in [5.41, 5.74) is 4.43. The molecule has 3 aromatic rings. The van der Waals surface area contributed by atoms with Crippen LogP contribution in [0.4, 0.5) is 5.69 Å². The van der Waals surface area contributed by atoms with Gasteiger partial charge < -0.3 is 10.2 Å². The highest BCUT2D eigenvalue weighted by Crippen LogP contribution is 2.36. The fourth-order valence-electron chi connectivity index (χ4n) is 3.65. The average Bonchev–Trinajstić information content (AvgIpc) is 3.33. The average molecular weight is 362 g/mol. The number of carbonyl (C=O) groups excluding carboxylic acids is 1. The number of rotatable bonds is 5. The lowest BCUT2D eigenvalue weighted by Gasteiger charge is -2.30. The van der Waals surface area contributed by atoms with E-state index in [2.05, 4.69) is 52.0 Å². The van der Waals surface area contributed by atoms with Gasteiger partial charge in [0.05, 0.1) is 6.04 Å². The van der Waals surface area contributed by atoms with Crippen molar-refractivity contribution < 1.29 is 4.79 Å². The molecule has 0 radical (unpaired) electrons. The first-order chi connectivity index (χ1) is 12.7. The van der Waals surface area contributed by atoms with Gasteiger partial charge in [0.1, 0.15) is 0 Å². The molecule has 0 saturated heterocycles. The fraction of sp³-hybridized carbons (Fsp3) is 0.227. The highest BCUT2D eigenvalue weighted by Gasteiger charge is 2.28. The summed E-state index contributed by atoms with van der Waals surface area (Å²) < 4.78 is 0. The summed E-state index contributed by atoms with van der Waals surface area (Å²) in [6.07, 6.45) is 1.06. The fourth-order valence-corrected chi connectivity index (χ4v) is 4.48. The van der Waals surface area contributed by atoms with Gasteiger partial charge in [-0.3, -0.25) is 4.79 Å². The van der Waals surface area contributed by atoms with Crippen LogP contribution in [0.15, 0.2) is 66.0 Å². The summed E-state index contributed by atoms with van der Waals surface area (Å²) in [5.74, 6) is -0.00265. The second-order valence-electron chi connectivity index (χ2n) is 6.63. The van der Waals surface area contributed by atoms with Gasteiger partial charge in [0.25, 0.3) is 5.91 Å². The highest BCUT2D eigenvalue weighted by molar-refractivity contribution is 7.10. The van der Waals surface area contributed by atoms with Crippen LogP contribution >= 0.6 is 11.3 Å². The predicted molar refractivity (Wildman–Crippen MR) is 108 cm³/mol. The normalized spacial score (nSPS) is 14.1. The number of fused-ring (bicyclic) bond motifs is 1. The van der Waals surface area contributed by atoms with Crippen molar-refractivity contribution in [2.75, 3.05) is 18.0 Å². The Kier molecular flexibility index (Phi) is 4.76. The lowest BCUT2D eigenvalue weighted by Crippen LogP contribution is -2.37. The van der Waals surface area contributed by atoms with Crippen LogP contribution in [0.1, 0.15) is 32.4 Å². The maximum atomic E-state index is 12.7. The number of para-hydroxylation sites is 1. The largest absolute Gasteiger partial charge is 0.361 e. The van der Waals surface area contributed by atoms with Gasteiger partial charge in [-0.15, -0.1) is 11.3 Å². The van der Waals surface area contributed by atoms with Crippen LogP contribution < -0.4 is 10.2 Å². The number of nitrogens with one attached hydrogen (secondary N) is 1. The predicted octanol–water partition coefficient (Wildman–Crippen LogP) is 4.59. The molecule has 1 aliphatic heterocycles. The lowest BCUT2D eigenvalue weighted by atomic mass is 10.1. The summed E-state index contributed by atoms with van der Waals surface area (Å²) in [4.78, 5) is 16.4. The molecule has 0 bridgehead atoms. The minimum absolute atomic E-state index is 0.00265. The van der Waals surface area contributed by atoms with Gasteiger partial charge in [0.15, 0.2) is 0 Å². The first kappa shape index (κ1) is 16.9. The van der Waals surface area contributed by atoms with E-state index in [1.807, 2.05) is 31.2 Å². The van der Waals surface area contributed by atoms with Crippen LogP contribution in [0, 0.1) is 6.92 Å². The zero-order valence-electron chi connectivity index (χ0n) is 14.8. The van der Waals surface area contributed by atoms with E-state index in [0.29, 0.717) is 6.54 Å². The zero-order chi connectivity index (χ0) is 17.9. The third-order valence-electron chi connectivity index (χ3n) is 5.02. The second-order valence-corrected chi connectivity index (χ2v) is 7.61. The van der Waals surface area contributed by atoms with E-state index in [-0.39, 0.29) is 11.9 Å². The number of carbonyl (C=O) groups is 1. The van der Waals surface area contributed by atoms with Gasteiger partial charge in [-0.2, -0.15) is 0 Å². The minimum atomic E-state index is -0.00265. The van der Waals surface area contributed by atoms with Crippen molar-refractivity contribution in [1.82, 2.24) is 5.32 Å². The maximum absolute atomic E-state index is 12.7. The molecule has 4 heteroatoms. The highest BCUT2D eigenvalue weighted by atomic mass is 32.1. The Morgan fingerprint density at radius 2 is 1.92 bits per heavy atom. The zero-order valence-corrected chi connectivity index (χ0v) is 15.6. The Labute approximate surface area is 158 Å². The van der Waals surface area contributed by atoms with Crippen molar-refractivity contribution in [3.8, 4) is 0 Å². The van der Waals surface area contributed by atoms with Crippen LogP contribution in [0.3, 0.4) is 0 Å². The van der Waals surface area contributed by atoms with Gasteiger partial charge in [-0.05, 0) is 48.1 Å². The second kappa shape index (κ2) is 7.34. The van der Waals surface area contributed by atoms with Gasteiger partial charge in [-0.1, -0.05) is 42.5 Å².